The zero-order chi connectivity index (χ0) is 20.2. The van der Waals surface area contributed by atoms with Crippen molar-refractivity contribution in [3.05, 3.63) is 41.5 Å². The van der Waals surface area contributed by atoms with Gasteiger partial charge in [-0.05, 0) is 31.0 Å². The van der Waals surface area contributed by atoms with Gasteiger partial charge in [0, 0.05) is 18.3 Å². The first-order valence-corrected chi connectivity index (χ1v) is 10.3. The first-order valence-electron chi connectivity index (χ1n) is 8.72. The van der Waals surface area contributed by atoms with Crippen molar-refractivity contribution in [3.8, 4) is 0 Å². The van der Waals surface area contributed by atoms with Crippen molar-refractivity contribution in [2.24, 2.45) is 5.14 Å². The normalized spacial score (nSPS) is 13.4. The van der Waals surface area contributed by atoms with Crippen molar-refractivity contribution in [3.63, 3.8) is 0 Å². The molecule has 1 aromatic heterocycles. The lowest BCUT2D eigenvalue weighted by molar-refractivity contribution is -0.121. The molecular weight excluding hydrogens is 368 g/mol. The lowest BCUT2D eigenvalue weighted by Crippen LogP contribution is -2.26. The van der Waals surface area contributed by atoms with E-state index in [2.05, 4.69) is 15.5 Å². The number of benzene rings is 1. The second kappa shape index (κ2) is 8.18. The van der Waals surface area contributed by atoms with Crippen LogP contribution in [0.4, 0.5) is 0 Å². The zero-order valence-corrected chi connectivity index (χ0v) is 16.8. The lowest BCUT2D eigenvalue weighted by atomic mass is 9.96. The van der Waals surface area contributed by atoms with E-state index in [9.17, 15) is 13.2 Å². The van der Waals surface area contributed by atoms with Crippen molar-refractivity contribution >= 4 is 15.9 Å². The van der Waals surface area contributed by atoms with Crippen LogP contribution in [0, 0.1) is 0 Å². The van der Waals surface area contributed by atoms with Crippen molar-refractivity contribution in [2.45, 2.75) is 63.3 Å². The molecule has 1 amide bonds. The van der Waals surface area contributed by atoms with Crippen molar-refractivity contribution in [1.29, 1.82) is 0 Å². The minimum absolute atomic E-state index is 0.0205. The molecule has 1 atom stereocenters. The molecule has 2 rings (SSSR count). The Hall–Kier alpha value is -2.26. The Labute approximate surface area is 159 Å². The third kappa shape index (κ3) is 6.14. The summed E-state index contributed by atoms with van der Waals surface area (Å²) in [6, 6.07) is 5.89. The van der Waals surface area contributed by atoms with Crippen LogP contribution in [-0.2, 0) is 26.7 Å². The number of sulfonamides is 1. The number of aromatic nitrogens is 2. The molecular formula is C18H26N4O4S. The van der Waals surface area contributed by atoms with E-state index in [0.717, 1.165) is 0 Å². The number of carbonyl (C=O) groups excluding carboxylic acids is 1. The van der Waals surface area contributed by atoms with Crippen LogP contribution in [0.1, 0.15) is 63.9 Å². The summed E-state index contributed by atoms with van der Waals surface area (Å²) >= 11 is 0. The summed E-state index contributed by atoms with van der Waals surface area (Å²) < 4.78 is 28.1. The summed E-state index contributed by atoms with van der Waals surface area (Å²) in [5.74, 6) is 1.02. The average molecular weight is 394 g/mol. The molecule has 0 spiro atoms. The average Bonchev–Trinajstić information content (AvgIpc) is 3.03. The Bertz CT molecular complexity index is 900. The summed E-state index contributed by atoms with van der Waals surface area (Å²) in [6.07, 6.45) is 1.39. The first-order chi connectivity index (χ1) is 12.5. The zero-order valence-electron chi connectivity index (χ0n) is 16.0. The molecule has 0 fully saturated rings. The third-order valence-electron chi connectivity index (χ3n) is 4.00. The number of amides is 1. The quantitative estimate of drug-likeness (QED) is 0.741. The number of nitrogens with one attached hydrogen (secondary N) is 1. The van der Waals surface area contributed by atoms with Crippen LogP contribution in [0.3, 0.4) is 0 Å². The number of aryl methyl sites for hydroxylation is 1. The molecule has 3 N–H and O–H groups in total. The maximum atomic E-state index is 12.1. The summed E-state index contributed by atoms with van der Waals surface area (Å²) in [6.45, 7) is 7.79. The van der Waals surface area contributed by atoms with Crippen LogP contribution in [0.5, 0.6) is 0 Å². The number of rotatable bonds is 7. The molecule has 1 heterocycles. The maximum absolute atomic E-state index is 12.1. The van der Waals surface area contributed by atoms with Gasteiger partial charge in [0.05, 0.1) is 10.9 Å². The summed E-state index contributed by atoms with van der Waals surface area (Å²) in [4.78, 5) is 16.5. The van der Waals surface area contributed by atoms with Crippen LogP contribution in [0.15, 0.2) is 33.7 Å². The van der Waals surface area contributed by atoms with E-state index < -0.39 is 10.0 Å². The van der Waals surface area contributed by atoms with Crippen LogP contribution in [-0.4, -0.2) is 24.5 Å². The molecule has 0 aliphatic carbocycles. The largest absolute Gasteiger partial charge is 0.350 e. The Kier molecular flexibility index (Phi) is 6.38. The van der Waals surface area contributed by atoms with Crippen LogP contribution < -0.4 is 10.5 Å². The summed E-state index contributed by atoms with van der Waals surface area (Å²) in [5, 5.41) is 11.9. The molecule has 0 saturated carbocycles. The van der Waals surface area contributed by atoms with Crippen molar-refractivity contribution < 1.29 is 17.7 Å². The van der Waals surface area contributed by atoms with Gasteiger partial charge in [-0.15, -0.1) is 0 Å². The number of primary sulfonamides is 1. The van der Waals surface area contributed by atoms with E-state index >= 15 is 0 Å². The van der Waals surface area contributed by atoms with Gasteiger partial charge in [0.25, 0.3) is 0 Å². The van der Waals surface area contributed by atoms with Gasteiger partial charge in [-0.3, -0.25) is 4.79 Å². The molecule has 0 saturated heterocycles. The number of hydrogen-bond donors (Lipinski definition) is 2. The molecule has 9 heteroatoms. The fraction of sp³-hybridized carbons (Fsp3) is 0.500. The molecule has 1 unspecified atom stereocenters. The summed E-state index contributed by atoms with van der Waals surface area (Å²) in [5.41, 5.74) is 0.488. The minimum atomic E-state index is -3.78. The SMILES string of the molecule is CC(NC(=O)CCCc1nc(C(C)(C)C)no1)c1cccc(S(N)(=O)=O)c1. The Morgan fingerprint density at radius 2 is 2.04 bits per heavy atom. The molecule has 0 aliphatic heterocycles. The van der Waals surface area contributed by atoms with E-state index in [1.807, 2.05) is 20.8 Å². The maximum Gasteiger partial charge on any atom is 0.238 e. The Balaban J connectivity index is 1.86. The first kappa shape index (κ1) is 21.0. The van der Waals surface area contributed by atoms with E-state index in [1.54, 1.807) is 19.1 Å². The Morgan fingerprint density at radius 3 is 2.63 bits per heavy atom. The van der Waals surface area contributed by atoms with Crippen LogP contribution >= 0.6 is 0 Å². The van der Waals surface area contributed by atoms with Crippen LogP contribution in [0.25, 0.3) is 0 Å². The standard InChI is InChI=1S/C18H26N4O4S/c1-12(13-7-5-8-14(11-13)27(19,24)25)20-15(23)9-6-10-16-21-17(22-26-16)18(2,3)4/h5,7-8,11-12H,6,9-10H2,1-4H3,(H,20,23)(H2,19,24,25). The summed E-state index contributed by atoms with van der Waals surface area (Å²) in [7, 11) is -3.78. The topological polar surface area (TPSA) is 128 Å². The highest BCUT2D eigenvalue weighted by molar-refractivity contribution is 7.89. The highest BCUT2D eigenvalue weighted by Crippen LogP contribution is 2.19. The smallest absolute Gasteiger partial charge is 0.238 e. The fourth-order valence-corrected chi connectivity index (χ4v) is 2.99. The van der Waals surface area contributed by atoms with Crippen molar-refractivity contribution in [2.75, 3.05) is 0 Å². The van der Waals surface area contributed by atoms with Gasteiger partial charge in [-0.1, -0.05) is 38.1 Å². The molecule has 0 bridgehead atoms. The van der Waals surface area contributed by atoms with E-state index in [4.69, 9.17) is 9.66 Å². The van der Waals surface area contributed by atoms with E-state index in [1.165, 1.54) is 12.1 Å². The van der Waals surface area contributed by atoms with Gasteiger partial charge < -0.3 is 9.84 Å². The monoisotopic (exact) mass is 394 g/mol. The van der Waals surface area contributed by atoms with Gasteiger partial charge in [-0.2, -0.15) is 4.98 Å². The molecule has 0 radical (unpaired) electrons. The van der Waals surface area contributed by atoms with Gasteiger partial charge in [-0.25, -0.2) is 13.6 Å². The molecule has 148 valence electrons. The Morgan fingerprint density at radius 1 is 1.33 bits per heavy atom. The number of hydrogen-bond acceptors (Lipinski definition) is 6. The lowest BCUT2D eigenvalue weighted by Gasteiger charge is -2.15. The third-order valence-corrected chi connectivity index (χ3v) is 4.91. The number of carbonyl (C=O) groups is 1. The van der Waals surface area contributed by atoms with Crippen molar-refractivity contribution in [1.82, 2.24) is 15.5 Å². The van der Waals surface area contributed by atoms with Gasteiger partial charge in [0.2, 0.25) is 21.8 Å². The second-order valence-electron chi connectivity index (χ2n) is 7.52. The van der Waals surface area contributed by atoms with E-state index in [0.29, 0.717) is 36.5 Å². The highest BCUT2D eigenvalue weighted by atomic mass is 32.2. The van der Waals surface area contributed by atoms with Gasteiger partial charge >= 0.3 is 0 Å². The molecule has 0 aliphatic rings. The number of nitrogens with zero attached hydrogens (tertiary/aromatic N) is 2. The molecule has 8 nitrogen and oxygen atoms in total. The van der Waals surface area contributed by atoms with Gasteiger partial charge in [0.1, 0.15) is 0 Å². The predicted molar refractivity (Wildman–Crippen MR) is 100 cm³/mol. The highest BCUT2D eigenvalue weighted by Gasteiger charge is 2.21. The molecule has 1 aromatic carbocycles. The molecule has 2 aromatic rings. The fourth-order valence-electron chi connectivity index (χ4n) is 2.42. The van der Waals surface area contributed by atoms with Gasteiger partial charge in [0.15, 0.2) is 5.82 Å². The second-order valence-corrected chi connectivity index (χ2v) is 9.08. The minimum Gasteiger partial charge on any atom is -0.350 e. The number of nitrogens with two attached hydrogens (primary N) is 1. The van der Waals surface area contributed by atoms with E-state index in [-0.39, 0.29) is 22.3 Å². The predicted octanol–water partition coefficient (Wildman–Crippen LogP) is 2.21. The molecule has 27 heavy (non-hydrogen) atoms. The van der Waals surface area contributed by atoms with Crippen LogP contribution in [0.2, 0.25) is 0 Å².